The Labute approximate surface area is 416 Å². The molecule has 2 aliphatic heterocycles. The van der Waals surface area contributed by atoms with E-state index in [1.807, 2.05) is 0 Å². The van der Waals surface area contributed by atoms with Crippen molar-refractivity contribution in [2.75, 3.05) is 26.4 Å². The maximum Gasteiger partial charge on any atom is 0.306 e. The normalized spacial score (nSPS) is 25.6. The molecule has 15 nitrogen and oxygen atoms in total. The SMILES string of the molecule is CCCCCC/C=C\CCCCCCCC(=O)OC(COC(=O)CCCCCCCCCCCCCCCCCCCCCC)COC1OC(COC2OC(CO)C(O)C(O)C2O)C(O)C(O)C1O. The van der Waals surface area contributed by atoms with Gasteiger partial charge in [0, 0.05) is 12.8 Å². The van der Waals surface area contributed by atoms with Crippen LogP contribution in [0.25, 0.3) is 0 Å². The topological polar surface area (TPSA) is 231 Å². The van der Waals surface area contributed by atoms with E-state index in [9.17, 15) is 45.3 Å². The van der Waals surface area contributed by atoms with E-state index in [4.69, 9.17) is 28.4 Å². The van der Waals surface area contributed by atoms with Gasteiger partial charge in [0.25, 0.3) is 0 Å². The first kappa shape index (κ1) is 63.4. The molecule has 11 unspecified atom stereocenters. The molecule has 2 saturated heterocycles. The highest BCUT2D eigenvalue weighted by Crippen LogP contribution is 2.27. The van der Waals surface area contributed by atoms with Crippen molar-refractivity contribution in [3.63, 3.8) is 0 Å². The Morgan fingerprint density at radius 3 is 1.29 bits per heavy atom. The van der Waals surface area contributed by atoms with Gasteiger partial charge in [0.2, 0.25) is 0 Å². The van der Waals surface area contributed by atoms with Gasteiger partial charge in [-0.3, -0.25) is 9.59 Å². The van der Waals surface area contributed by atoms with Crippen LogP contribution in [0.2, 0.25) is 0 Å². The van der Waals surface area contributed by atoms with E-state index in [1.165, 1.54) is 128 Å². The third kappa shape index (κ3) is 29.5. The van der Waals surface area contributed by atoms with Crippen LogP contribution >= 0.6 is 0 Å². The minimum absolute atomic E-state index is 0.159. The lowest BCUT2D eigenvalue weighted by molar-refractivity contribution is -0.332. The third-order valence-corrected chi connectivity index (χ3v) is 13.5. The smallest absolute Gasteiger partial charge is 0.306 e. The Kier molecular flexibility index (Phi) is 38.3. The molecule has 0 saturated carbocycles. The zero-order valence-electron chi connectivity index (χ0n) is 43.1. The second-order valence-electron chi connectivity index (χ2n) is 19.8. The summed E-state index contributed by atoms with van der Waals surface area (Å²) in [5.41, 5.74) is 0. The molecule has 11 atom stereocenters. The number of aliphatic hydroxyl groups excluding tert-OH is 7. The first-order valence-electron chi connectivity index (χ1n) is 27.8. The number of carbonyl (C=O) groups is 2. The molecule has 0 spiro atoms. The van der Waals surface area contributed by atoms with Crippen molar-refractivity contribution in [3.8, 4) is 0 Å². The molecule has 69 heavy (non-hydrogen) atoms. The summed E-state index contributed by atoms with van der Waals surface area (Å²) < 4.78 is 33.6. The van der Waals surface area contributed by atoms with E-state index in [0.29, 0.717) is 12.8 Å². The van der Waals surface area contributed by atoms with E-state index in [2.05, 4.69) is 26.0 Å². The molecule has 0 bridgehead atoms. The standard InChI is InChI=1S/C54H100O15/c1-3-5-7-9-11-13-15-17-18-19-20-21-22-23-25-26-28-30-32-34-36-45(56)64-39-42(67-46(57)37-35-33-31-29-27-24-16-14-12-10-8-6-4-2)40-65-53-52(63)50(61)48(59)44(69-53)41-66-54-51(62)49(60)47(58)43(38-55)68-54/h14,16,42-44,47-55,58-63H,3-13,15,17-41H2,1-2H3/b16-14-. The van der Waals surface area contributed by atoms with Crippen LogP contribution in [0.4, 0.5) is 0 Å². The fourth-order valence-corrected chi connectivity index (χ4v) is 8.92. The summed E-state index contributed by atoms with van der Waals surface area (Å²) in [5.74, 6) is -0.922. The van der Waals surface area contributed by atoms with Crippen molar-refractivity contribution in [1.29, 1.82) is 0 Å². The monoisotopic (exact) mass is 989 g/mol. The van der Waals surface area contributed by atoms with Crippen molar-refractivity contribution in [2.45, 2.75) is 293 Å². The summed E-state index contributed by atoms with van der Waals surface area (Å²) in [6, 6.07) is 0. The van der Waals surface area contributed by atoms with Crippen LogP contribution in [0, 0.1) is 0 Å². The van der Waals surface area contributed by atoms with Gasteiger partial charge < -0.3 is 64.2 Å². The predicted molar refractivity (Wildman–Crippen MR) is 266 cm³/mol. The molecule has 7 N–H and O–H groups in total. The summed E-state index contributed by atoms with van der Waals surface area (Å²) in [7, 11) is 0. The van der Waals surface area contributed by atoms with Gasteiger partial charge in [0.15, 0.2) is 18.7 Å². The molecule has 0 aromatic heterocycles. The van der Waals surface area contributed by atoms with Crippen LogP contribution in [-0.4, -0.2) is 142 Å². The number of esters is 2. The molecule has 15 heteroatoms. The molecule has 2 heterocycles. The van der Waals surface area contributed by atoms with Crippen molar-refractivity contribution in [3.05, 3.63) is 12.2 Å². The third-order valence-electron chi connectivity index (χ3n) is 13.5. The van der Waals surface area contributed by atoms with Crippen molar-refractivity contribution >= 4 is 11.9 Å². The highest BCUT2D eigenvalue weighted by Gasteiger charge is 2.47. The summed E-state index contributed by atoms with van der Waals surface area (Å²) in [6.45, 7) is 2.60. The molecule has 0 radical (unpaired) electrons. The molecule has 0 amide bonds. The fraction of sp³-hybridized carbons (Fsp3) is 0.926. The summed E-state index contributed by atoms with van der Waals surface area (Å²) in [5, 5.41) is 72.1. The number of aliphatic hydroxyl groups is 7. The lowest BCUT2D eigenvalue weighted by Crippen LogP contribution is -2.61. The number of hydrogen-bond donors (Lipinski definition) is 7. The molecular weight excluding hydrogens is 889 g/mol. The van der Waals surface area contributed by atoms with Crippen LogP contribution in [0.3, 0.4) is 0 Å². The molecule has 406 valence electrons. The second-order valence-corrected chi connectivity index (χ2v) is 19.8. The zero-order valence-corrected chi connectivity index (χ0v) is 43.1. The van der Waals surface area contributed by atoms with Gasteiger partial charge in [-0.25, -0.2) is 0 Å². The molecule has 2 aliphatic rings. The Hall–Kier alpha value is -1.76. The molecule has 0 aromatic carbocycles. The minimum atomic E-state index is -1.76. The van der Waals surface area contributed by atoms with Gasteiger partial charge in [-0.2, -0.15) is 0 Å². The predicted octanol–water partition coefficient (Wildman–Crippen LogP) is 8.55. The minimum Gasteiger partial charge on any atom is -0.462 e. The van der Waals surface area contributed by atoms with Crippen LogP contribution in [-0.2, 0) is 38.0 Å². The van der Waals surface area contributed by atoms with Crippen LogP contribution in [0.5, 0.6) is 0 Å². The highest BCUT2D eigenvalue weighted by atomic mass is 16.7. The Morgan fingerprint density at radius 1 is 0.449 bits per heavy atom. The number of carbonyl (C=O) groups excluding carboxylic acids is 2. The first-order chi connectivity index (χ1) is 33.5. The van der Waals surface area contributed by atoms with Crippen molar-refractivity contribution < 1.29 is 73.8 Å². The van der Waals surface area contributed by atoms with E-state index >= 15 is 0 Å². The Bertz CT molecular complexity index is 1250. The lowest BCUT2D eigenvalue weighted by atomic mass is 9.98. The van der Waals surface area contributed by atoms with Gasteiger partial charge in [-0.05, 0) is 38.5 Å². The molecule has 0 aromatic rings. The molecule has 2 fully saturated rings. The maximum atomic E-state index is 13.0. The molecular formula is C54H100O15. The van der Waals surface area contributed by atoms with Gasteiger partial charge in [-0.1, -0.05) is 187 Å². The molecule has 2 rings (SSSR count). The van der Waals surface area contributed by atoms with Gasteiger partial charge in [0.1, 0.15) is 55.4 Å². The number of hydrogen-bond acceptors (Lipinski definition) is 15. The van der Waals surface area contributed by atoms with E-state index < -0.39 is 92.7 Å². The summed E-state index contributed by atoms with van der Waals surface area (Å²) in [4.78, 5) is 25.8. The highest BCUT2D eigenvalue weighted by molar-refractivity contribution is 5.70. The van der Waals surface area contributed by atoms with Crippen molar-refractivity contribution in [1.82, 2.24) is 0 Å². The van der Waals surface area contributed by atoms with Gasteiger partial charge >= 0.3 is 11.9 Å². The number of ether oxygens (including phenoxy) is 6. The van der Waals surface area contributed by atoms with E-state index in [-0.39, 0.29) is 26.1 Å². The Morgan fingerprint density at radius 2 is 0.826 bits per heavy atom. The fourth-order valence-electron chi connectivity index (χ4n) is 8.92. The van der Waals surface area contributed by atoms with Crippen LogP contribution < -0.4 is 0 Å². The number of rotatable bonds is 44. The lowest BCUT2D eigenvalue weighted by Gasteiger charge is -2.42. The van der Waals surface area contributed by atoms with Gasteiger partial charge in [0.05, 0.1) is 19.8 Å². The summed E-state index contributed by atoms with van der Waals surface area (Å²) >= 11 is 0. The van der Waals surface area contributed by atoms with Gasteiger partial charge in [-0.15, -0.1) is 0 Å². The zero-order chi connectivity index (χ0) is 50.3. The van der Waals surface area contributed by atoms with Crippen molar-refractivity contribution in [2.24, 2.45) is 0 Å². The van der Waals surface area contributed by atoms with Crippen LogP contribution in [0.15, 0.2) is 12.2 Å². The largest absolute Gasteiger partial charge is 0.462 e. The number of allylic oxidation sites excluding steroid dienone is 2. The average molecular weight is 989 g/mol. The van der Waals surface area contributed by atoms with Crippen LogP contribution in [0.1, 0.15) is 226 Å². The van der Waals surface area contributed by atoms with E-state index in [0.717, 1.165) is 57.8 Å². The second kappa shape index (κ2) is 41.7. The first-order valence-corrected chi connectivity index (χ1v) is 27.8. The quantitative estimate of drug-likeness (QED) is 0.0172. The average Bonchev–Trinajstić information content (AvgIpc) is 3.34. The van der Waals surface area contributed by atoms with E-state index in [1.54, 1.807) is 0 Å². The maximum absolute atomic E-state index is 13.0. The summed E-state index contributed by atoms with van der Waals surface area (Å²) in [6.07, 6.45) is 25.3. The number of unbranched alkanes of at least 4 members (excludes halogenated alkanes) is 28. The Balaban J connectivity index is 1.75. The molecule has 0 aliphatic carbocycles.